The molecule has 8 nitrogen and oxygen atoms in total. The lowest BCUT2D eigenvalue weighted by Crippen LogP contribution is -2.33. The Morgan fingerprint density at radius 3 is 2.53 bits per heavy atom. The van der Waals surface area contributed by atoms with E-state index in [1.165, 1.54) is 0 Å². The van der Waals surface area contributed by atoms with E-state index in [1.54, 1.807) is 24.3 Å². The summed E-state index contributed by atoms with van der Waals surface area (Å²) in [7, 11) is 0. The highest BCUT2D eigenvalue weighted by Crippen LogP contribution is 2.28. The molecule has 1 aliphatic rings. The predicted octanol–water partition coefficient (Wildman–Crippen LogP) is 2.72. The topological polar surface area (TPSA) is 109 Å². The van der Waals surface area contributed by atoms with Gasteiger partial charge in [-0.2, -0.15) is 5.10 Å². The molecule has 154 valence electrons. The fourth-order valence-electron chi connectivity index (χ4n) is 3.37. The number of benzene rings is 2. The van der Waals surface area contributed by atoms with Crippen LogP contribution in [0.2, 0.25) is 5.02 Å². The van der Waals surface area contributed by atoms with Gasteiger partial charge in [-0.3, -0.25) is 9.78 Å². The van der Waals surface area contributed by atoms with Crippen molar-refractivity contribution in [1.82, 2.24) is 15.0 Å². The Balaban J connectivity index is 1.66. The van der Waals surface area contributed by atoms with Gasteiger partial charge in [-0.25, -0.2) is 9.36 Å². The lowest BCUT2D eigenvalue weighted by molar-refractivity contribution is 0.340. The first-order valence-electron chi connectivity index (χ1n) is 9.37. The molecule has 2 heterocycles. The van der Waals surface area contributed by atoms with Crippen LogP contribution in [0.4, 0.5) is 0 Å². The number of aromatic nitrogens is 2. The number of nitrogens with one attached hydrogen (secondary N) is 2. The molecule has 1 aliphatic heterocycles. The Morgan fingerprint density at radius 2 is 1.87 bits per heavy atom. The van der Waals surface area contributed by atoms with E-state index in [0.29, 0.717) is 29.4 Å². The zero-order valence-corrected chi connectivity index (χ0v) is 16.8. The third-order valence-electron chi connectivity index (χ3n) is 4.81. The van der Waals surface area contributed by atoms with E-state index >= 15 is 0 Å². The molecular weight excluding hydrogens is 408 g/mol. The van der Waals surface area contributed by atoms with Gasteiger partial charge in [0.1, 0.15) is 11.3 Å². The molecule has 0 aliphatic carbocycles. The maximum atomic E-state index is 12.5. The maximum absolute atomic E-state index is 12.5. The van der Waals surface area contributed by atoms with E-state index in [-0.39, 0.29) is 11.6 Å². The molecule has 3 aromatic rings. The fraction of sp³-hybridized carbons (Fsp3) is 0.190. The van der Waals surface area contributed by atoms with Crippen molar-refractivity contribution < 1.29 is 9.84 Å². The SMILES string of the molecule is CCOc1ccc([C@@H]2CC(c3c(O)n(-c4ccc(Cl)cc4)c(=O)[nH]c3=O)=NN2)cc1. The van der Waals surface area contributed by atoms with Crippen molar-refractivity contribution in [2.75, 3.05) is 6.61 Å². The highest BCUT2D eigenvalue weighted by molar-refractivity contribution is 6.30. The minimum atomic E-state index is -0.752. The Labute approximate surface area is 176 Å². The summed E-state index contributed by atoms with van der Waals surface area (Å²) in [6.45, 7) is 2.50. The third-order valence-corrected chi connectivity index (χ3v) is 5.06. The highest BCUT2D eigenvalue weighted by Gasteiger charge is 2.27. The van der Waals surface area contributed by atoms with Crippen LogP contribution in [0.1, 0.15) is 30.5 Å². The quantitative estimate of drug-likeness (QED) is 0.581. The van der Waals surface area contributed by atoms with Crippen LogP contribution in [0.3, 0.4) is 0 Å². The van der Waals surface area contributed by atoms with Crippen molar-refractivity contribution in [3.05, 3.63) is 85.5 Å². The first-order valence-corrected chi connectivity index (χ1v) is 9.75. The number of aromatic amines is 1. The molecule has 0 bridgehead atoms. The minimum absolute atomic E-state index is 0.0505. The lowest BCUT2D eigenvalue weighted by Gasteiger charge is -2.12. The van der Waals surface area contributed by atoms with Crippen LogP contribution in [0.5, 0.6) is 11.6 Å². The van der Waals surface area contributed by atoms with Crippen molar-refractivity contribution in [2.45, 2.75) is 19.4 Å². The Bertz CT molecular complexity index is 1210. The van der Waals surface area contributed by atoms with Gasteiger partial charge in [0.05, 0.1) is 24.0 Å². The molecule has 4 rings (SSSR count). The van der Waals surface area contributed by atoms with Crippen LogP contribution in [-0.4, -0.2) is 27.0 Å². The fourth-order valence-corrected chi connectivity index (χ4v) is 3.49. The van der Waals surface area contributed by atoms with Crippen LogP contribution in [0, 0.1) is 0 Å². The van der Waals surface area contributed by atoms with Crippen LogP contribution < -0.4 is 21.4 Å². The zero-order valence-electron chi connectivity index (χ0n) is 16.1. The van der Waals surface area contributed by atoms with Gasteiger partial charge in [-0.05, 0) is 48.9 Å². The van der Waals surface area contributed by atoms with E-state index in [2.05, 4.69) is 15.5 Å². The van der Waals surface area contributed by atoms with Crippen molar-refractivity contribution in [2.24, 2.45) is 5.10 Å². The summed E-state index contributed by atoms with van der Waals surface area (Å²) < 4.78 is 6.46. The average molecular weight is 427 g/mol. The molecule has 0 fully saturated rings. The van der Waals surface area contributed by atoms with Gasteiger partial charge in [-0.1, -0.05) is 23.7 Å². The molecule has 9 heteroatoms. The number of H-pyrrole nitrogens is 1. The summed E-state index contributed by atoms with van der Waals surface area (Å²) in [5.41, 5.74) is 3.17. The normalized spacial score (nSPS) is 15.5. The van der Waals surface area contributed by atoms with Crippen LogP contribution >= 0.6 is 11.6 Å². The van der Waals surface area contributed by atoms with Crippen LogP contribution in [0.15, 0.2) is 63.2 Å². The van der Waals surface area contributed by atoms with Gasteiger partial charge in [0, 0.05) is 11.4 Å². The number of hydrazone groups is 1. The van der Waals surface area contributed by atoms with E-state index in [9.17, 15) is 14.7 Å². The summed E-state index contributed by atoms with van der Waals surface area (Å²) in [4.78, 5) is 27.0. The standard InChI is InChI=1S/C21H19ClN4O4/c1-2-30-15-9-3-12(4-10-15)16-11-17(25-24-16)18-19(27)23-21(29)26(20(18)28)14-7-5-13(22)6-8-14/h3-10,16,24,28H,2,11H2,1H3,(H,23,27,29)/t16-/m0/s1. The van der Waals surface area contributed by atoms with Crippen molar-refractivity contribution in [3.8, 4) is 17.3 Å². The monoisotopic (exact) mass is 426 g/mol. The number of hydrogen-bond acceptors (Lipinski definition) is 6. The van der Waals surface area contributed by atoms with Gasteiger partial charge < -0.3 is 15.3 Å². The predicted molar refractivity (Wildman–Crippen MR) is 114 cm³/mol. The number of ether oxygens (including phenoxy) is 1. The van der Waals surface area contributed by atoms with Gasteiger partial charge >= 0.3 is 5.69 Å². The summed E-state index contributed by atoms with van der Waals surface area (Å²) in [5.74, 6) is 0.295. The molecule has 0 saturated heterocycles. The molecule has 30 heavy (non-hydrogen) atoms. The van der Waals surface area contributed by atoms with Gasteiger partial charge in [0.2, 0.25) is 5.88 Å². The first kappa shape index (κ1) is 19.8. The van der Waals surface area contributed by atoms with Crippen LogP contribution in [0.25, 0.3) is 5.69 Å². The summed E-state index contributed by atoms with van der Waals surface area (Å²) in [6, 6.07) is 13.7. The molecule has 0 radical (unpaired) electrons. The smallest absolute Gasteiger partial charge is 0.335 e. The first-order chi connectivity index (χ1) is 14.5. The van der Waals surface area contributed by atoms with Crippen LogP contribution in [-0.2, 0) is 0 Å². The highest BCUT2D eigenvalue weighted by atomic mass is 35.5. The lowest BCUT2D eigenvalue weighted by atomic mass is 10.00. The number of hydrogen-bond donors (Lipinski definition) is 3. The number of rotatable bonds is 5. The van der Waals surface area contributed by atoms with Crippen molar-refractivity contribution >= 4 is 17.3 Å². The molecule has 2 aromatic carbocycles. The maximum Gasteiger partial charge on any atom is 0.335 e. The van der Waals surface area contributed by atoms with Gasteiger partial charge in [0.15, 0.2) is 0 Å². The summed E-state index contributed by atoms with van der Waals surface area (Å²) >= 11 is 5.90. The average Bonchev–Trinajstić information content (AvgIpc) is 3.19. The summed E-state index contributed by atoms with van der Waals surface area (Å²) in [6.07, 6.45) is 0.365. The van der Waals surface area contributed by atoms with E-state index < -0.39 is 17.1 Å². The third kappa shape index (κ3) is 3.69. The van der Waals surface area contributed by atoms with Gasteiger partial charge in [0.25, 0.3) is 5.56 Å². The number of aromatic hydroxyl groups is 1. The molecule has 1 aromatic heterocycles. The zero-order chi connectivity index (χ0) is 21.3. The second-order valence-corrected chi connectivity index (χ2v) is 7.15. The van der Waals surface area contributed by atoms with Crippen molar-refractivity contribution in [1.29, 1.82) is 0 Å². The molecule has 3 N–H and O–H groups in total. The summed E-state index contributed by atoms with van der Waals surface area (Å²) in [5, 5.41) is 15.5. The van der Waals surface area contributed by atoms with Crippen molar-refractivity contribution in [3.63, 3.8) is 0 Å². The molecule has 0 spiro atoms. The second-order valence-electron chi connectivity index (χ2n) is 6.72. The Hall–Kier alpha value is -3.52. The molecule has 0 unspecified atom stereocenters. The number of halogens is 1. The second kappa shape index (κ2) is 8.08. The van der Waals surface area contributed by atoms with E-state index in [0.717, 1.165) is 15.9 Å². The molecule has 1 atom stereocenters. The Morgan fingerprint density at radius 1 is 1.17 bits per heavy atom. The van der Waals surface area contributed by atoms with Gasteiger partial charge in [-0.15, -0.1) is 0 Å². The van der Waals surface area contributed by atoms with E-state index in [4.69, 9.17) is 16.3 Å². The minimum Gasteiger partial charge on any atom is -0.494 e. The largest absolute Gasteiger partial charge is 0.494 e. The molecule has 0 amide bonds. The molecular formula is C21H19ClN4O4. The van der Waals surface area contributed by atoms with E-state index in [1.807, 2.05) is 31.2 Å². The Kier molecular flexibility index (Phi) is 5.33. The number of nitrogens with zero attached hydrogens (tertiary/aromatic N) is 2. The molecule has 0 saturated carbocycles.